The van der Waals surface area contributed by atoms with Crippen LogP contribution in [-0.4, -0.2) is 54.4 Å². The highest BCUT2D eigenvalue weighted by molar-refractivity contribution is 5.73. The molecule has 1 saturated heterocycles. The first-order valence-corrected chi connectivity index (χ1v) is 13.2. The SMILES string of the molecule is O=C(O)[C@H](Cc1ccc(OCCNC2[C@H]3CN(Cc4ccc(C(F)(F)F)cc4)C[C@@H]23)cc1)Oc1cc(F)cc(F)c1. The molecule has 0 bridgehead atoms. The molecule has 0 amide bonds. The van der Waals surface area contributed by atoms with Crippen molar-refractivity contribution in [3.8, 4) is 11.5 Å². The molecule has 2 fully saturated rings. The van der Waals surface area contributed by atoms with Crippen molar-refractivity contribution in [3.05, 3.63) is 95.1 Å². The third-order valence-corrected chi connectivity index (χ3v) is 7.44. The number of carboxylic acids is 1. The van der Waals surface area contributed by atoms with Gasteiger partial charge >= 0.3 is 12.1 Å². The van der Waals surface area contributed by atoms with Crippen LogP contribution in [0.2, 0.25) is 0 Å². The van der Waals surface area contributed by atoms with Crippen molar-refractivity contribution >= 4 is 5.97 Å². The van der Waals surface area contributed by atoms with E-state index in [0.717, 1.165) is 42.9 Å². The van der Waals surface area contributed by atoms with E-state index in [1.54, 1.807) is 36.4 Å². The Labute approximate surface area is 233 Å². The monoisotopic (exact) mass is 576 g/mol. The number of alkyl halides is 3. The van der Waals surface area contributed by atoms with Crippen LogP contribution in [-0.2, 0) is 23.9 Å². The summed E-state index contributed by atoms with van der Waals surface area (Å²) in [4.78, 5) is 13.9. The maximum absolute atomic E-state index is 13.4. The first-order chi connectivity index (χ1) is 19.5. The number of carboxylic acid groups (broad SMARTS) is 1. The van der Waals surface area contributed by atoms with Crippen molar-refractivity contribution < 1.29 is 41.3 Å². The Morgan fingerprint density at radius 2 is 1.54 bits per heavy atom. The molecule has 1 aliphatic carbocycles. The number of hydrogen-bond donors (Lipinski definition) is 2. The van der Waals surface area contributed by atoms with Crippen LogP contribution in [0.5, 0.6) is 11.5 Å². The predicted molar refractivity (Wildman–Crippen MR) is 140 cm³/mol. The summed E-state index contributed by atoms with van der Waals surface area (Å²) in [6.07, 6.45) is -5.65. The quantitative estimate of drug-likeness (QED) is 0.230. The van der Waals surface area contributed by atoms with Crippen LogP contribution >= 0.6 is 0 Å². The van der Waals surface area contributed by atoms with Crippen molar-refractivity contribution in [2.24, 2.45) is 11.8 Å². The number of hydrogen-bond acceptors (Lipinski definition) is 5. The zero-order valence-electron chi connectivity index (χ0n) is 21.9. The molecule has 3 aromatic carbocycles. The van der Waals surface area contributed by atoms with Gasteiger partial charge in [-0.1, -0.05) is 24.3 Å². The van der Waals surface area contributed by atoms with Crippen molar-refractivity contribution in [1.82, 2.24) is 10.2 Å². The fourth-order valence-corrected chi connectivity index (χ4v) is 5.37. The number of benzene rings is 3. The Morgan fingerprint density at radius 1 is 0.927 bits per heavy atom. The van der Waals surface area contributed by atoms with Gasteiger partial charge in [-0.3, -0.25) is 4.90 Å². The maximum Gasteiger partial charge on any atom is 0.416 e. The van der Waals surface area contributed by atoms with E-state index in [9.17, 15) is 31.9 Å². The predicted octanol–water partition coefficient (Wildman–Crippen LogP) is 5.16. The Morgan fingerprint density at radius 3 is 2.12 bits per heavy atom. The van der Waals surface area contributed by atoms with Crippen LogP contribution in [0.3, 0.4) is 0 Å². The number of halogens is 5. The summed E-state index contributed by atoms with van der Waals surface area (Å²) < 4.78 is 76.1. The first kappa shape index (κ1) is 28.8. The molecular weight excluding hydrogens is 547 g/mol. The number of nitrogens with zero attached hydrogens (tertiary/aromatic N) is 1. The minimum absolute atomic E-state index is 0.00432. The van der Waals surface area contributed by atoms with Gasteiger partial charge in [-0.25, -0.2) is 13.6 Å². The van der Waals surface area contributed by atoms with Crippen LogP contribution in [0, 0.1) is 23.5 Å². The Balaban J connectivity index is 1.00. The molecule has 1 saturated carbocycles. The van der Waals surface area contributed by atoms with E-state index in [0.29, 0.717) is 55.0 Å². The fourth-order valence-electron chi connectivity index (χ4n) is 5.37. The van der Waals surface area contributed by atoms with Gasteiger partial charge in [-0.2, -0.15) is 13.2 Å². The largest absolute Gasteiger partial charge is 0.492 e. The topological polar surface area (TPSA) is 71.0 Å². The smallest absolute Gasteiger partial charge is 0.416 e. The van der Waals surface area contributed by atoms with Gasteiger partial charge in [0.15, 0.2) is 6.10 Å². The lowest BCUT2D eigenvalue weighted by Crippen LogP contribution is -2.33. The molecule has 1 aliphatic heterocycles. The van der Waals surface area contributed by atoms with Gasteiger partial charge in [0, 0.05) is 56.8 Å². The number of ether oxygens (including phenoxy) is 2. The molecule has 41 heavy (non-hydrogen) atoms. The molecule has 1 unspecified atom stereocenters. The van der Waals surface area contributed by atoms with Gasteiger partial charge in [0.05, 0.1) is 5.56 Å². The van der Waals surface area contributed by atoms with E-state index in [1.165, 1.54) is 0 Å². The second-order valence-corrected chi connectivity index (χ2v) is 10.4. The van der Waals surface area contributed by atoms with Gasteiger partial charge in [-0.05, 0) is 47.2 Å². The second kappa shape index (κ2) is 12.0. The minimum Gasteiger partial charge on any atom is -0.492 e. The van der Waals surface area contributed by atoms with Crippen molar-refractivity contribution in [2.75, 3.05) is 26.2 Å². The molecule has 5 rings (SSSR count). The fraction of sp³-hybridized carbons (Fsp3) is 0.367. The van der Waals surface area contributed by atoms with Crippen molar-refractivity contribution in [2.45, 2.75) is 31.3 Å². The third kappa shape index (κ3) is 7.53. The summed E-state index contributed by atoms with van der Waals surface area (Å²) in [5.41, 5.74) is 0.897. The lowest BCUT2D eigenvalue weighted by molar-refractivity contribution is -0.145. The molecule has 1 heterocycles. The number of nitrogens with one attached hydrogen (secondary N) is 1. The zero-order chi connectivity index (χ0) is 29.1. The van der Waals surface area contributed by atoms with Crippen LogP contribution in [0.1, 0.15) is 16.7 Å². The van der Waals surface area contributed by atoms with Crippen LogP contribution in [0.4, 0.5) is 22.0 Å². The molecule has 2 N–H and O–H groups in total. The number of piperidine rings is 1. The van der Waals surface area contributed by atoms with Gasteiger partial charge in [0.2, 0.25) is 0 Å². The Kier molecular flexibility index (Phi) is 8.46. The van der Waals surface area contributed by atoms with Crippen LogP contribution in [0.15, 0.2) is 66.7 Å². The molecular formula is C30H29F5N2O4. The normalized spacial score (nSPS) is 20.9. The number of aliphatic carboxylic acids is 1. The third-order valence-electron chi connectivity index (χ3n) is 7.44. The lowest BCUT2D eigenvalue weighted by Gasteiger charge is -2.20. The van der Waals surface area contributed by atoms with E-state index in [-0.39, 0.29) is 12.2 Å². The molecule has 2 aliphatic rings. The van der Waals surface area contributed by atoms with Gasteiger partial charge in [0.25, 0.3) is 0 Å². The summed E-state index contributed by atoms with van der Waals surface area (Å²) in [7, 11) is 0. The minimum atomic E-state index is -4.32. The molecule has 218 valence electrons. The Hall–Kier alpha value is -3.70. The zero-order valence-corrected chi connectivity index (χ0v) is 21.9. The molecule has 11 heteroatoms. The van der Waals surface area contributed by atoms with Crippen molar-refractivity contribution in [3.63, 3.8) is 0 Å². The lowest BCUT2D eigenvalue weighted by atomic mass is 10.1. The van der Waals surface area contributed by atoms with E-state index < -0.39 is 35.4 Å². The Bertz CT molecular complexity index is 1320. The summed E-state index contributed by atoms with van der Waals surface area (Å²) in [6, 6.07) is 15.2. The average Bonchev–Trinajstić information content (AvgIpc) is 3.35. The number of fused-ring (bicyclic) bond motifs is 1. The van der Waals surface area contributed by atoms with Crippen molar-refractivity contribution in [1.29, 1.82) is 0 Å². The summed E-state index contributed by atoms with van der Waals surface area (Å²) in [5.74, 6) is -1.50. The van der Waals surface area contributed by atoms with E-state index in [1.807, 2.05) is 0 Å². The molecule has 4 atom stereocenters. The average molecular weight is 577 g/mol. The number of likely N-dealkylation sites (tertiary alicyclic amines) is 1. The van der Waals surface area contributed by atoms with Gasteiger partial charge in [0.1, 0.15) is 29.7 Å². The maximum atomic E-state index is 13.4. The van der Waals surface area contributed by atoms with E-state index in [2.05, 4.69) is 10.2 Å². The van der Waals surface area contributed by atoms with Gasteiger partial charge < -0.3 is 19.9 Å². The molecule has 6 nitrogen and oxygen atoms in total. The molecule has 0 radical (unpaired) electrons. The molecule has 0 spiro atoms. The summed E-state index contributed by atoms with van der Waals surface area (Å²) >= 11 is 0. The van der Waals surface area contributed by atoms with E-state index >= 15 is 0 Å². The first-order valence-electron chi connectivity index (χ1n) is 13.2. The molecule has 0 aromatic heterocycles. The highest BCUT2D eigenvalue weighted by Crippen LogP contribution is 2.45. The molecule has 3 aromatic rings. The summed E-state index contributed by atoms with van der Waals surface area (Å²) in [6.45, 7) is 3.54. The number of rotatable bonds is 12. The standard InChI is InChI=1S/C30H29F5N2O4/c31-21-12-22(32)14-24(13-21)41-27(29(38)39)11-18-3-7-23(8-4-18)40-10-9-36-28-25-16-37(17-26(25)28)15-19-1-5-20(6-2-19)30(33,34)35/h1-8,12-14,25-28,36H,9-11,15-17H2,(H,38,39)/t25-,26+,27-,28?/m0/s1. The van der Waals surface area contributed by atoms with Gasteiger partial charge in [-0.15, -0.1) is 0 Å². The number of carbonyl (C=O) groups is 1. The van der Waals surface area contributed by atoms with Crippen LogP contribution in [0.25, 0.3) is 0 Å². The highest BCUT2D eigenvalue weighted by atomic mass is 19.4. The highest BCUT2D eigenvalue weighted by Gasteiger charge is 2.55. The second-order valence-electron chi connectivity index (χ2n) is 10.4. The van der Waals surface area contributed by atoms with Crippen LogP contribution < -0.4 is 14.8 Å². The van der Waals surface area contributed by atoms with E-state index in [4.69, 9.17) is 9.47 Å². The summed E-state index contributed by atoms with van der Waals surface area (Å²) in [5, 5.41) is 13.0.